The molecule has 0 spiro atoms. The van der Waals surface area contributed by atoms with Crippen LogP contribution in [-0.4, -0.2) is 15.7 Å². The van der Waals surface area contributed by atoms with Gasteiger partial charge in [-0.05, 0) is 11.6 Å². The van der Waals surface area contributed by atoms with E-state index in [4.69, 9.17) is 11.0 Å². The van der Waals surface area contributed by atoms with Crippen molar-refractivity contribution in [3.05, 3.63) is 59.4 Å². The van der Waals surface area contributed by atoms with Crippen LogP contribution in [0.15, 0.2) is 48.3 Å². The minimum absolute atomic E-state index is 0.0840. The molecule has 0 saturated carbocycles. The van der Waals surface area contributed by atoms with Gasteiger partial charge in [-0.1, -0.05) is 30.3 Å². The van der Waals surface area contributed by atoms with Crippen LogP contribution >= 0.6 is 0 Å². The lowest BCUT2D eigenvalue weighted by molar-refractivity contribution is -0.114. The summed E-state index contributed by atoms with van der Waals surface area (Å²) in [5.74, 6) is -0.738. The Balaban J connectivity index is 2.16. The van der Waals surface area contributed by atoms with Crippen LogP contribution < -0.4 is 5.73 Å². The number of hydrogen-bond acceptors (Lipinski definition) is 3. The molecule has 2 N–H and O–H groups in total. The Bertz CT molecular complexity index is 650. The molecule has 1 amide bonds. The van der Waals surface area contributed by atoms with Gasteiger partial charge < -0.3 is 5.73 Å². The molecule has 5 nitrogen and oxygen atoms in total. The van der Waals surface area contributed by atoms with Crippen LogP contribution in [0, 0.1) is 11.3 Å². The molecule has 0 unspecified atom stereocenters. The monoisotopic (exact) mass is 252 g/mol. The fourth-order valence-electron chi connectivity index (χ4n) is 1.64. The van der Waals surface area contributed by atoms with Crippen molar-refractivity contribution >= 4 is 12.0 Å². The maximum absolute atomic E-state index is 10.9. The third-order valence-electron chi connectivity index (χ3n) is 2.54. The van der Waals surface area contributed by atoms with Gasteiger partial charge in [-0.2, -0.15) is 10.4 Å². The van der Waals surface area contributed by atoms with Gasteiger partial charge in [0, 0.05) is 11.8 Å². The molecule has 0 aliphatic heterocycles. The van der Waals surface area contributed by atoms with Crippen molar-refractivity contribution in [2.45, 2.75) is 6.54 Å². The van der Waals surface area contributed by atoms with Crippen LogP contribution in [0.1, 0.15) is 11.1 Å². The van der Waals surface area contributed by atoms with Gasteiger partial charge >= 0.3 is 0 Å². The van der Waals surface area contributed by atoms with Crippen LogP contribution in [0.2, 0.25) is 0 Å². The van der Waals surface area contributed by atoms with E-state index >= 15 is 0 Å². The number of nitrogens with zero attached hydrogens (tertiary/aromatic N) is 3. The minimum Gasteiger partial charge on any atom is -0.365 e. The number of nitriles is 1. The highest BCUT2D eigenvalue weighted by molar-refractivity contribution is 6.00. The lowest BCUT2D eigenvalue weighted by Crippen LogP contribution is -2.12. The quantitative estimate of drug-likeness (QED) is 0.658. The minimum atomic E-state index is -0.738. The summed E-state index contributed by atoms with van der Waals surface area (Å²) >= 11 is 0. The summed E-state index contributed by atoms with van der Waals surface area (Å²) in [6.45, 7) is 0.632. The van der Waals surface area contributed by atoms with Crippen LogP contribution in [-0.2, 0) is 11.3 Å². The summed E-state index contributed by atoms with van der Waals surface area (Å²) < 4.78 is 1.73. The SMILES string of the molecule is N#C/C(=C\c1cnn(Cc2ccccc2)c1)C(N)=O. The second-order valence-corrected chi connectivity index (χ2v) is 3.99. The van der Waals surface area contributed by atoms with Crippen LogP contribution in [0.3, 0.4) is 0 Å². The van der Waals surface area contributed by atoms with Gasteiger partial charge in [-0.3, -0.25) is 9.48 Å². The third kappa shape index (κ3) is 3.30. The van der Waals surface area contributed by atoms with Crippen LogP contribution in [0.4, 0.5) is 0 Å². The zero-order valence-corrected chi connectivity index (χ0v) is 10.2. The molecule has 0 aliphatic rings. The number of carbonyl (C=O) groups is 1. The van der Waals surface area contributed by atoms with Crippen molar-refractivity contribution < 1.29 is 4.79 Å². The van der Waals surface area contributed by atoms with Gasteiger partial charge in [0.2, 0.25) is 0 Å². The van der Waals surface area contributed by atoms with Crippen molar-refractivity contribution in [1.29, 1.82) is 5.26 Å². The Morgan fingerprint density at radius 1 is 1.42 bits per heavy atom. The highest BCUT2D eigenvalue weighted by Gasteiger charge is 2.04. The van der Waals surface area contributed by atoms with Gasteiger partial charge in [0.05, 0.1) is 12.7 Å². The first-order valence-corrected chi connectivity index (χ1v) is 5.67. The highest BCUT2D eigenvalue weighted by atomic mass is 16.1. The van der Waals surface area contributed by atoms with E-state index in [0.717, 1.165) is 5.56 Å². The molecule has 2 rings (SSSR count). The molecule has 19 heavy (non-hydrogen) atoms. The van der Waals surface area contributed by atoms with E-state index in [2.05, 4.69) is 5.10 Å². The van der Waals surface area contributed by atoms with Crippen molar-refractivity contribution in [3.63, 3.8) is 0 Å². The molecular formula is C14H12N4O. The third-order valence-corrected chi connectivity index (χ3v) is 2.54. The van der Waals surface area contributed by atoms with E-state index in [9.17, 15) is 4.79 Å². The van der Waals surface area contributed by atoms with Crippen molar-refractivity contribution in [3.8, 4) is 6.07 Å². The van der Waals surface area contributed by atoms with E-state index in [-0.39, 0.29) is 5.57 Å². The standard InChI is InChI=1S/C14H12N4O/c15-7-13(14(16)19)6-12-8-17-18(10-12)9-11-4-2-1-3-5-11/h1-6,8,10H,9H2,(H2,16,19)/b13-6+. The maximum atomic E-state index is 10.9. The van der Waals surface area contributed by atoms with Gasteiger partial charge in [-0.15, -0.1) is 0 Å². The molecular weight excluding hydrogens is 240 g/mol. The average molecular weight is 252 g/mol. The number of carbonyl (C=O) groups excluding carboxylic acids is 1. The van der Waals surface area contributed by atoms with Crippen LogP contribution in [0.25, 0.3) is 6.08 Å². The molecule has 94 valence electrons. The molecule has 2 aromatic rings. The van der Waals surface area contributed by atoms with Crippen LogP contribution in [0.5, 0.6) is 0 Å². The second-order valence-electron chi connectivity index (χ2n) is 3.99. The first-order chi connectivity index (χ1) is 9.19. The second kappa shape index (κ2) is 5.65. The number of rotatable bonds is 4. The number of hydrogen-bond donors (Lipinski definition) is 1. The summed E-state index contributed by atoms with van der Waals surface area (Å²) in [6.07, 6.45) is 4.77. The maximum Gasteiger partial charge on any atom is 0.259 e. The summed E-state index contributed by atoms with van der Waals surface area (Å²) in [4.78, 5) is 10.9. The summed E-state index contributed by atoms with van der Waals surface area (Å²) in [6, 6.07) is 11.6. The van der Waals surface area contributed by atoms with E-state index in [1.54, 1.807) is 23.1 Å². The predicted octanol–water partition coefficient (Wildman–Crippen LogP) is 1.32. The average Bonchev–Trinajstić information content (AvgIpc) is 2.84. The normalized spacial score (nSPS) is 11.0. The van der Waals surface area contributed by atoms with Gasteiger partial charge in [0.1, 0.15) is 11.6 Å². The Morgan fingerprint density at radius 3 is 2.79 bits per heavy atom. The summed E-state index contributed by atoms with van der Waals surface area (Å²) in [7, 11) is 0. The number of amides is 1. The Labute approximate surface area is 110 Å². The van der Waals surface area contributed by atoms with Gasteiger partial charge in [0.25, 0.3) is 5.91 Å². The zero-order valence-electron chi connectivity index (χ0n) is 10.2. The van der Waals surface area contributed by atoms with Gasteiger partial charge in [0.15, 0.2) is 0 Å². The Morgan fingerprint density at radius 2 is 2.16 bits per heavy atom. The predicted molar refractivity (Wildman–Crippen MR) is 70.6 cm³/mol. The Hall–Kier alpha value is -2.87. The zero-order chi connectivity index (χ0) is 13.7. The number of aromatic nitrogens is 2. The highest BCUT2D eigenvalue weighted by Crippen LogP contribution is 2.07. The van der Waals surface area contributed by atoms with Crippen molar-refractivity contribution in [1.82, 2.24) is 9.78 Å². The molecule has 0 atom stereocenters. The van der Waals surface area contributed by atoms with E-state index < -0.39 is 5.91 Å². The first-order valence-electron chi connectivity index (χ1n) is 5.67. The fourth-order valence-corrected chi connectivity index (χ4v) is 1.64. The molecule has 5 heteroatoms. The largest absolute Gasteiger partial charge is 0.365 e. The number of benzene rings is 1. The summed E-state index contributed by atoms with van der Waals surface area (Å²) in [5, 5.41) is 12.9. The molecule has 0 aliphatic carbocycles. The van der Waals surface area contributed by atoms with E-state index in [0.29, 0.717) is 12.1 Å². The van der Waals surface area contributed by atoms with Crippen molar-refractivity contribution in [2.24, 2.45) is 5.73 Å². The topological polar surface area (TPSA) is 84.7 Å². The molecule has 1 heterocycles. The lowest BCUT2D eigenvalue weighted by Gasteiger charge is -2.00. The molecule has 0 saturated heterocycles. The van der Waals surface area contributed by atoms with Crippen molar-refractivity contribution in [2.75, 3.05) is 0 Å². The molecule has 0 fully saturated rings. The first kappa shape index (κ1) is 12.6. The molecule has 0 radical (unpaired) electrons. The Kier molecular flexibility index (Phi) is 3.74. The molecule has 1 aromatic carbocycles. The number of nitrogens with two attached hydrogens (primary N) is 1. The fraction of sp³-hybridized carbons (Fsp3) is 0.0714. The van der Waals surface area contributed by atoms with E-state index in [1.807, 2.05) is 30.3 Å². The summed E-state index contributed by atoms with van der Waals surface area (Å²) in [5.41, 5.74) is 6.78. The molecule has 1 aromatic heterocycles. The smallest absolute Gasteiger partial charge is 0.259 e. The lowest BCUT2D eigenvalue weighted by atomic mass is 10.2. The number of primary amides is 1. The molecule has 0 bridgehead atoms. The van der Waals surface area contributed by atoms with E-state index in [1.165, 1.54) is 6.08 Å². The van der Waals surface area contributed by atoms with Gasteiger partial charge in [-0.25, -0.2) is 0 Å².